The topological polar surface area (TPSA) is 29.1 Å². The fraction of sp³-hybridized carbons (Fsp3) is 0.222. The second kappa shape index (κ2) is 3.19. The summed E-state index contributed by atoms with van der Waals surface area (Å²) in [6.07, 6.45) is 4.71. The van der Waals surface area contributed by atoms with Gasteiger partial charge in [-0.25, -0.2) is 0 Å². The Hall–Kier alpha value is -1.31. The lowest BCUT2D eigenvalue weighted by Gasteiger charge is -2.17. The van der Waals surface area contributed by atoms with Crippen LogP contribution < -0.4 is 5.32 Å². The maximum atomic E-state index is 10.9. The Kier molecular flexibility index (Phi) is 2.26. The average molecular weight is 149 g/mol. The Morgan fingerprint density at radius 2 is 2.18 bits per heavy atom. The summed E-state index contributed by atoms with van der Waals surface area (Å²) in [6, 6.07) is 0. The number of carbonyl (C=O) groups is 1. The largest absolute Gasteiger partial charge is 0.326 e. The van der Waals surface area contributed by atoms with Gasteiger partial charge in [0, 0.05) is 12.1 Å². The van der Waals surface area contributed by atoms with Gasteiger partial charge in [-0.1, -0.05) is 19.2 Å². The molecule has 0 unspecified atom stereocenters. The van der Waals surface area contributed by atoms with Crippen molar-refractivity contribution in [3.8, 4) is 0 Å². The van der Waals surface area contributed by atoms with Crippen LogP contribution in [0.5, 0.6) is 0 Å². The second-order valence-corrected chi connectivity index (χ2v) is 2.47. The van der Waals surface area contributed by atoms with Crippen LogP contribution in [0.3, 0.4) is 0 Å². The first-order valence-corrected chi connectivity index (χ1v) is 3.55. The van der Waals surface area contributed by atoms with Crippen LogP contribution in [0.15, 0.2) is 36.6 Å². The first-order valence-electron chi connectivity index (χ1n) is 3.55. The lowest BCUT2D eigenvalue weighted by Crippen LogP contribution is -2.27. The molecule has 0 aromatic carbocycles. The molecule has 58 valence electrons. The van der Waals surface area contributed by atoms with Crippen molar-refractivity contribution >= 4 is 5.91 Å². The molecule has 11 heavy (non-hydrogen) atoms. The number of piperidine rings is 1. The van der Waals surface area contributed by atoms with E-state index in [1.807, 2.05) is 0 Å². The fourth-order valence-electron chi connectivity index (χ4n) is 0.978. The third-order valence-electron chi connectivity index (χ3n) is 1.59. The number of rotatable bonds is 1. The molecule has 0 bridgehead atoms. The zero-order chi connectivity index (χ0) is 8.27. The first-order chi connectivity index (χ1) is 5.24. The number of allylic oxidation sites excluding steroid dienone is 3. The Balaban J connectivity index is 2.76. The van der Waals surface area contributed by atoms with E-state index in [1.165, 1.54) is 0 Å². The van der Waals surface area contributed by atoms with E-state index in [4.69, 9.17) is 0 Å². The van der Waals surface area contributed by atoms with Gasteiger partial charge in [-0.05, 0) is 18.1 Å². The van der Waals surface area contributed by atoms with Gasteiger partial charge in [0.2, 0.25) is 5.91 Å². The second-order valence-electron chi connectivity index (χ2n) is 2.47. The lowest BCUT2D eigenvalue weighted by atomic mass is 10.0. The van der Waals surface area contributed by atoms with E-state index in [9.17, 15) is 4.79 Å². The third-order valence-corrected chi connectivity index (χ3v) is 1.59. The SMILES string of the molecule is C=C/C=C1/NC(=O)CCC1=C. The number of hydrogen-bond donors (Lipinski definition) is 1. The summed E-state index contributed by atoms with van der Waals surface area (Å²) in [6.45, 7) is 7.36. The zero-order valence-corrected chi connectivity index (χ0v) is 6.39. The normalized spacial score (nSPS) is 21.6. The minimum Gasteiger partial charge on any atom is -0.326 e. The van der Waals surface area contributed by atoms with Crippen molar-refractivity contribution in [2.24, 2.45) is 0 Å². The molecule has 1 heterocycles. The van der Waals surface area contributed by atoms with Gasteiger partial charge in [0.1, 0.15) is 0 Å². The van der Waals surface area contributed by atoms with Crippen molar-refractivity contribution in [3.63, 3.8) is 0 Å². The van der Waals surface area contributed by atoms with Crippen molar-refractivity contribution in [1.29, 1.82) is 0 Å². The number of hydrogen-bond acceptors (Lipinski definition) is 1. The maximum Gasteiger partial charge on any atom is 0.224 e. The smallest absolute Gasteiger partial charge is 0.224 e. The Morgan fingerprint density at radius 1 is 1.45 bits per heavy atom. The van der Waals surface area contributed by atoms with Gasteiger partial charge in [-0.3, -0.25) is 4.79 Å². The summed E-state index contributed by atoms with van der Waals surface area (Å²) >= 11 is 0. The van der Waals surface area contributed by atoms with Crippen LogP contribution in [0, 0.1) is 0 Å². The molecule has 1 amide bonds. The highest BCUT2D eigenvalue weighted by Gasteiger charge is 2.13. The Morgan fingerprint density at radius 3 is 2.82 bits per heavy atom. The van der Waals surface area contributed by atoms with Gasteiger partial charge in [0.25, 0.3) is 0 Å². The van der Waals surface area contributed by atoms with E-state index < -0.39 is 0 Å². The van der Waals surface area contributed by atoms with Gasteiger partial charge in [-0.15, -0.1) is 0 Å². The zero-order valence-electron chi connectivity index (χ0n) is 6.39. The van der Waals surface area contributed by atoms with E-state index in [0.29, 0.717) is 6.42 Å². The number of amides is 1. The third kappa shape index (κ3) is 1.80. The summed E-state index contributed by atoms with van der Waals surface area (Å²) in [7, 11) is 0. The molecule has 2 nitrogen and oxygen atoms in total. The molecule has 0 aliphatic carbocycles. The minimum absolute atomic E-state index is 0.0606. The highest BCUT2D eigenvalue weighted by Crippen LogP contribution is 2.16. The molecule has 1 aliphatic heterocycles. The molecular formula is C9H11NO. The van der Waals surface area contributed by atoms with Crippen molar-refractivity contribution in [3.05, 3.63) is 36.6 Å². The summed E-state index contributed by atoms with van der Waals surface area (Å²) < 4.78 is 0. The fourth-order valence-corrected chi connectivity index (χ4v) is 0.978. The molecule has 1 aliphatic rings. The van der Waals surface area contributed by atoms with Crippen LogP contribution in [0.1, 0.15) is 12.8 Å². The van der Waals surface area contributed by atoms with Crippen LogP contribution in [0.25, 0.3) is 0 Å². The van der Waals surface area contributed by atoms with Crippen molar-refractivity contribution in [2.75, 3.05) is 0 Å². The van der Waals surface area contributed by atoms with Crippen LogP contribution in [-0.4, -0.2) is 5.91 Å². The monoisotopic (exact) mass is 149 g/mol. The number of carbonyl (C=O) groups excluding carboxylic acids is 1. The molecule has 1 fully saturated rings. The summed E-state index contributed by atoms with van der Waals surface area (Å²) in [5.41, 5.74) is 1.78. The molecule has 1 N–H and O–H groups in total. The molecule has 0 aromatic heterocycles. The maximum absolute atomic E-state index is 10.9. The highest BCUT2D eigenvalue weighted by atomic mass is 16.1. The van der Waals surface area contributed by atoms with Crippen LogP contribution in [-0.2, 0) is 4.79 Å². The van der Waals surface area contributed by atoms with E-state index in [1.54, 1.807) is 12.2 Å². The van der Waals surface area contributed by atoms with Crippen molar-refractivity contribution in [1.82, 2.24) is 5.32 Å². The Labute approximate surface area is 66.3 Å². The minimum atomic E-state index is 0.0606. The molecule has 0 saturated carbocycles. The molecule has 0 radical (unpaired) electrons. The first kappa shape index (κ1) is 7.79. The van der Waals surface area contributed by atoms with Crippen LogP contribution in [0.4, 0.5) is 0 Å². The van der Waals surface area contributed by atoms with Crippen molar-refractivity contribution in [2.45, 2.75) is 12.8 Å². The van der Waals surface area contributed by atoms with Crippen molar-refractivity contribution < 1.29 is 4.79 Å². The predicted molar refractivity (Wildman–Crippen MR) is 44.8 cm³/mol. The van der Waals surface area contributed by atoms with Crippen LogP contribution >= 0.6 is 0 Å². The van der Waals surface area contributed by atoms with Gasteiger partial charge in [0.15, 0.2) is 0 Å². The van der Waals surface area contributed by atoms with E-state index >= 15 is 0 Å². The lowest BCUT2D eigenvalue weighted by molar-refractivity contribution is -0.120. The van der Waals surface area contributed by atoms with E-state index in [0.717, 1.165) is 17.7 Å². The molecule has 2 heteroatoms. The summed E-state index contributed by atoms with van der Waals surface area (Å²) in [5, 5.41) is 2.72. The quantitative estimate of drug-likeness (QED) is 0.601. The predicted octanol–water partition coefficient (Wildman–Crippen LogP) is 1.52. The summed E-state index contributed by atoms with van der Waals surface area (Å²) in [5.74, 6) is 0.0606. The van der Waals surface area contributed by atoms with Gasteiger partial charge in [-0.2, -0.15) is 0 Å². The van der Waals surface area contributed by atoms with Gasteiger partial charge < -0.3 is 5.32 Å². The van der Waals surface area contributed by atoms with Crippen LogP contribution in [0.2, 0.25) is 0 Å². The van der Waals surface area contributed by atoms with Gasteiger partial charge in [0.05, 0.1) is 0 Å². The molecule has 0 aromatic rings. The highest BCUT2D eigenvalue weighted by molar-refractivity contribution is 5.81. The van der Waals surface area contributed by atoms with Gasteiger partial charge >= 0.3 is 0 Å². The number of nitrogens with one attached hydrogen (secondary N) is 1. The molecule has 1 saturated heterocycles. The standard InChI is InChI=1S/C9H11NO/c1-3-4-8-7(2)5-6-9(11)10-8/h3-4H,1-2,5-6H2,(H,10,11)/b8-4+. The van der Waals surface area contributed by atoms with E-state index in [-0.39, 0.29) is 5.91 Å². The molecule has 1 rings (SSSR count). The molecule has 0 spiro atoms. The molecule has 0 atom stereocenters. The Bertz CT molecular complexity index is 238. The average Bonchev–Trinajstić information content (AvgIpc) is 1.98. The molecular weight excluding hydrogens is 138 g/mol. The summed E-state index contributed by atoms with van der Waals surface area (Å²) in [4.78, 5) is 10.9. The van der Waals surface area contributed by atoms with E-state index in [2.05, 4.69) is 18.5 Å².